The van der Waals surface area contributed by atoms with Crippen LogP contribution in [0.2, 0.25) is 0 Å². The summed E-state index contributed by atoms with van der Waals surface area (Å²) in [6, 6.07) is 1.88. The Bertz CT molecular complexity index is 1760. The summed E-state index contributed by atoms with van der Waals surface area (Å²) in [6.07, 6.45) is 4.74. The summed E-state index contributed by atoms with van der Waals surface area (Å²) in [6.45, 7) is 1.69. The van der Waals surface area contributed by atoms with Gasteiger partial charge in [-0.05, 0) is 87.4 Å². The number of amides is 1. The van der Waals surface area contributed by atoms with E-state index in [0.717, 1.165) is 17.5 Å². The van der Waals surface area contributed by atoms with Crippen molar-refractivity contribution in [2.75, 3.05) is 19.4 Å². The molecular weight excluding hydrogens is 636 g/mol. The number of hydrogen-bond acceptors (Lipinski definition) is 12. The van der Waals surface area contributed by atoms with Crippen molar-refractivity contribution in [3.8, 4) is 5.75 Å². The van der Waals surface area contributed by atoms with Crippen LogP contribution in [0.5, 0.6) is 5.75 Å². The number of carbonyl (C=O) groups excluding carboxylic acids is 5. The number of benzene rings is 1. The van der Waals surface area contributed by atoms with E-state index in [1.807, 2.05) is 0 Å². The highest BCUT2D eigenvalue weighted by molar-refractivity contribution is 7.13. The maximum Gasteiger partial charge on any atom is 0.235 e. The van der Waals surface area contributed by atoms with E-state index in [0.29, 0.717) is 28.4 Å². The topological polar surface area (TPSA) is 200 Å². The monoisotopic (exact) mass is 676 g/mol. The van der Waals surface area contributed by atoms with Crippen LogP contribution in [0.1, 0.15) is 72.5 Å². The molecule has 7 aliphatic carbocycles. The van der Waals surface area contributed by atoms with Gasteiger partial charge in [-0.2, -0.15) is 0 Å². The second kappa shape index (κ2) is 10.7. The molecule has 6 saturated carbocycles. The molecule has 0 aliphatic heterocycles. The number of phenols is 1. The number of aliphatic hydroxyl groups is 2. The zero-order valence-electron chi connectivity index (χ0n) is 27.0. The van der Waals surface area contributed by atoms with Gasteiger partial charge in [-0.3, -0.25) is 28.9 Å². The molecule has 0 spiro atoms. The Balaban J connectivity index is 1.13. The van der Waals surface area contributed by atoms with E-state index in [-0.39, 0.29) is 11.3 Å². The number of aromatic nitrogens is 1. The number of aliphatic hydroxyl groups excluding tert-OH is 1. The van der Waals surface area contributed by atoms with Gasteiger partial charge in [-0.25, -0.2) is 4.98 Å². The highest BCUT2D eigenvalue weighted by Gasteiger charge is 2.73. The number of thiazole rings is 1. The highest BCUT2D eigenvalue weighted by atomic mass is 32.1. The molecule has 1 aromatic heterocycles. The molecule has 1 heterocycles. The number of primary amides is 1. The van der Waals surface area contributed by atoms with Gasteiger partial charge in [0.15, 0.2) is 39.8 Å². The number of nitrogens with one attached hydrogen (secondary N) is 1. The number of hydrogen-bond donors (Lipinski definition) is 5. The fourth-order valence-corrected chi connectivity index (χ4v) is 11.9. The van der Waals surface area contributed by atoms with Crippen molar-refractivity contribution in [2.24, 2.45) is 53.1 Å². The summed E-state index contributed by atoms with van der Waals surface area (Å²) in [7, 11) is 2.93. The molecule has 12 nitrogen and oxygen atoms in total. The van der Waals surface area contributed by atoms with Crippen LogP contribution in [0, 0.1) is 47.3 Å². The molecule has 1 amide bonds. The number of phenolic OH excluding ortho intramolecular Hbond substituents is 1. The molecule has 6 fully saturated rings. The number of rotatable bonds is 5. The first kappa shape index (κ1) is 31.7. The number of nitrogens with two attached hydrogens (primary N) is 1. The van der Waals surface area contributed by atoms with Crippen LogP contribution < -0.4 is 11.1 Å². The number of ketones is 4. The van der Waals surface area contributed by atoms with Crippen LogP contribution in [-0.4, -0.2) is 86.1 Å². The molecule has 0 saturated heterocycles. The maximum atomic E-state index is 14.2. The lowest BCUT2D eigenvalue weighted by Gasteiger charge is -2.56. The third-order valence-electron chi connectivity index (χ3n) is 12.8. The lowest BCUT2D eigenvalue weighted by Crippen LogP contribution is -2.77. The van der Waals surface area contributed by atoms with E-state index in [1.165, 1.54) is 62.4 Å². The average Bonchev–Trinajstić information content (AvgIpc) is 3.47. The molecule has 7 aliphatic rings. The molecule has 1 aromatic carbocycles. The van der Waals surface area contributed by atoms with Gasteiger partial charge in [0.05, 0.1) is 40.9 Å². The molecule has 9 rings (SSSR count). The second-order valence-electron chi connectivity index (χ2n) is 15.5. The van der Waals surface area contributed by atoms with Crippen molar-refractivity contribution in [3.63, 3.8) is 0 Å². The molecule has 8 atom stereocenters. The van der Waals surface area contributed by atoms with E-state index in [9.17, 15) is 39.3 Å². The van der Waals surface area contributed by atoms with Crippen molar-refractivity contribution in [2.45, 2.75) is 68.6 Å². The lowest BCUT2D eigenvalue weighted by atomic mass is 9.49. The fourth-order valence-electron chi connectivity index (χ4n) is 11.1. The minimum Gasteiger partial charge on any atom is -0.505 e. The van der Waals surface area contributed by atoms with E-state index < -0.39 is 82.1 Å². The Labute approximate surface area is 281 Å². The number of aromatic hydroxyl groups is 1. The predicted molar refractivity (Wildman–Crippen MR) is 173 cm³/mol. The standard InChI is InChI=1S/C35H40N4O8S/c1-12-17-4-5-18(37-34-38-19(11-48-34)21-15-7-13-6-14(9-15)10-16(21)8-13)27(40)22(17)28(41)23-20(12)29(42)25-26(39(2)3)30(43)24(33(36)46)32(45)35(25,47)31(23)44/h4-5,11-16,20-21,23-26,29,40,42,47H,6-10H2,1-3H3,(H2,36,46)(H,37,38). The minimum atomic E-state index is -3.03. The van der Waals surface area contributed by atoms with Crippen molar-refractivity contribution < 1.29 is 39.3 Å². The van der Waals surface area contributed by atoms with Gasteiger partial charge in [0, 0.05) is 17.2 Å². The molecule has 48 heavy (non-hydrogen) atoms. The second-order valence-corrected chi connectivity index (χ2v) is 16.3. The summed E-state index contributed by atoms with van der Waals surface area (Å²) in [5.41, 5.74) is 3.87. The van der Waals surface area contributed by atoms with Gasteiger partial charge in [-0.15, -0.1) is 11.3 Å². The molecule has 13 heteroatoms. The average molecular weight is 677 g/mol. The van der Waals surface area contributed by atoms with Gasteiger partial charge < -0.3 is 26.4 Å². The van der Waals surface area contributed by atoms with Gasteiger partial charge in [0.1, 0.15) is 5.75 Å². The van der Waals surface area contributed by atoms with Crippen LogP contribution >= 0.6 is 11.3 Å². The summed E-state index contributed by atoms with van der Waals surface area (Å²) in [5, 5.41) is 41.0. The largest absolute Gasteiger partial charge is 0.505 e. The number of anilines is 2. The smallest absolute Gasteiger partial charge is 0.235 e. The Morgan fingerprint density at radius 2 is 1.69 bits per heavy atom. The summed E-state index contributed by atoms with van der Waals surface area (Å²) >= 11 is 1.43. The summed E-state index contributed by atoms with van der Waals surface area (Å²) in [5.74, 6) is -10.0. The van der Waals surface area contributed by atoms with Crippen LogP contribution in [-0.2, 0) is 19.2 Å². The van der Waals surface area contributed by atoms with E-state index in [2.05, 4.69) is 10.7 Å². The lowest BCUT2D eigenvalue weighted by molar-refractivity contribution is -0.196. The number of nitrogens with zero attached hydrogens (tertiary/aromatic N) is 2. The van der Waals surface area contributed by atoms with Gasteiger partial charge in [0.25, 0.3) is 0 Å². The first-order valence-electron chi connectivity index (χ1n) is 16.8. The molecule has 254 valence electrons. The van der Waals surface area contributed by atoms with Crippen LogP contribution in [0.3, 0.4) is 0 Å². The van der Waals surface area contributed by atoms with Gasteiger partial charge >= 0.3 is 0 Å². The number of fused-ring (bicyclic) bond motifs is 3. The Morgan fingerprint density at radius 3 is 2.29 bits per heavy atom. The minimum absolute atomic E-state index is 0.149. The quantitative estimate of drug-likeness (QED) is 0.230. The molecule has 4 bridgehead atoms. The first-order valence-corrected chi connectivity index (χ1v) is 17.7. The van der Waals surface area contributed by atoms with Crippen LogP contribution in [0.4, 0.5) is 10.8 Å². The van der Waals surface area contributed by atoms with E-state index >= 15 is 0 Å². The van der Waals surface area contributed by atoms with Crippen molar-refractivity contribution in [1.29, 1.82) is 0 Å². The molecule has 8 unspecified atom stereocenters. The zero-order valence-corrected chi connectivity index (χ0v) is 27.8. The third-order valence-corrected chi connectivity index (χ3v) is 13.6. The molecule has 2 aromatic rings. The van der Waals surface area contributed by atoms with Crippen LogP contribution in [0.15, 0.2) is 17.5 Å². The zero-order chi connectivity index (χ0) is 34.1. The van der Waals surface area contributed by atoms with Crippen molar-refractivity contribution in [1.82, 2.24) is 9.88 Å². The van der Waals surface area contributed by atoms with Crippen LogP contribution in [0.25, 0.3) is 0 Å². The summed E-state index contributed by atoms with van der Waals surface area (Å²) < 4.78 is 0. The summed E-state index contributed by atoms with van der Waals surface area (Å²) in [4.78, 5) is 73.9. The number of likely N-dealkylation sites (N-methyl/N-ethyl adjacent to an activating group) is 1. The third kappa shape index (κ3) is 4.16. The molecule has 6 N–H and O–H groups in total. The Morgan fingerprint density at radius 1 is 1.04 bits per heavy atom. The van der Waals surface area contributed by atoms with Crippen molar-refractivity contribution >= 4 is 51.2 Å². The van der Waals surface area contributed by atoms with Crippen molar-refractivity contribution in [3.05, 3.63) is 34.3 Å². The molecule has 0 radical (unpaired) electrons. The SMILES string of the molecule is CC1c2ccc(Nc3nc(C4C5CC6CC(C5)CC4C6)cs3)c(O)c2C(=O)C2C(=O)C3(O)C(=O)C(C(N)=O)C(=O)C(N(C)C)C3C(O)C21. The Hall–Kier alpha value is -3.52. The number of carbonyl (C=O) groups is 5. The van der Waals surface area contributed by atoms with E-state index in [1.54, 1.807) is 19.1 Å². The van der Waals surface area contributed by atoms with E-state index in [4.69, 9.17) is 10.7 Å². The number of Topliss-reactive ketones (excluding diaryl/α,β-unsaturated/α-hetero) is 4. The first-order chi connectivity index (χ1) is 22.7. The maximum absolute atomic E-state index is 14.2. The highest BCUT2D eigenvalue weighted by Crippen LogP contribution is 2.60. The molecular formula is C35H40N4O8S. The Kier molecular flexibility index (Phi) is 7.10. The predicted octanol–water partition coefficient (Wildman–Crippen LogP) is 2.14. The fraction of sp³-hybridized carbons (Fsp3) is 0.600. The van der Waals surface area contributed by atoms with Gasteiger partial charge in [0.2, 0.25) is 5.91 Å². The van der Waals surface area contributed by atoms with Gasteiger partial charge in [-0.1, -0.05) is 13.0 Å². The normalized spacial score (nSPS) is 41.3.